The fraction of sp³-hybridized carbons (Fsp3) is 0.435. The first-order chi connectivity index (χ1) is 15.3. The van der Waals surface area contributed by atoms with Gasteiger partial charge in [-0.25, -0.2) is 9.97 Å². The second-order valence-corrected chi connectivity index (χ2v) is 9.64. The number of piperidine rings is 1. The second-order valence-electron chi connectivity index (χ2n) is 8.56. The Morgan fingerprint density at radius 2 is 1.97 bits per heavy atom. The number of hydrogen-bond donors (Lipinski definition) is 0. The first-order valence-electron chi connectivity index (χ1n) is 11.2. The molecule has 1 saturated heterocycles. The molecule has 0 spiro atoms. The van der Waals surface area contributed by atoms with Crippen molar-refractivity contribution in [2.45, 2.75) is 45.1 Å². The van der Waals surface area contributed by atoms with Gasteiger partial charge in [0.15, 0.2) is 5.82 Å². The van der Waals surface area contributed by atoms with Gasteiger partial charge >= 0.3 is 0 Å². The van der Waals surface area contributed by atoms with Gasteiger partial charge in [0.1, 0.15) is 10.6 Å². The fourth-order valence-corrected chi connectivity index (χ4v) is 6.17. The summed E-state index contributed by atoms with van der Waals surface area (Å²) in [5, 5.41) is 9.39. The zero-order chi connectivity index (χ0) is 20.6. The number of rotatable bonds is 4. The molecule has 0 radical (unpaired) electrons. The summed E-state index contributed by atoms with van der Waals surface area (Å²) >= 11 is 1.87. The highest BCUT2D eigenvalue weighted by atomic mass is 32.1. The van der Waals surface area contributed by atoms with Gasteiger partial charge in [-0.1, -0.05) is 5.21 Å². The Balaban J connectivity index is 1.36. The fourth-order valence-electron chi connectivity index (χ4n) is 4.91. The van der Waals surface area contributed by atoms with E-state index in [9.17, 15) is 0 Å². The predicted molar refractivity (Wildman–Crippen MR) is 122 cm³/mol. The van der Waals surface area contributed by atoms with Gasteiger partial charge in [0.25, 0.3) is 0 Å². The molecule has 2 aliphatic rings. The van der Waals surface area contributed by atoms with Crippen LogP contribution in [0.3, 0.4) is 0 Å². The Bertz CT molecular complexity index is 1180. The van der Waals surface area contributed by atoms with Crippen LogP contribution in [-0.2, 0) is 19.4 Å². The van der Waals surface area contributed by atoms with Crippen LogP contribution in [0.2, 0.25) is 0 Å². The van der Waals surface area contributed by atoms with E-state index >= 15 is 0 Å². The number of nitrogens with zero attached hydrogens (tertiary/aromatic N) is 7. The highest BCUT2D eigenvalue weighted by Crippen LogP contribution is 2.41. The van der Waals surface area contributed by atoms with Crippen molar-refractivity contribution in [2.75, 3.05) is 18.0 Å². The van der Waals surface area contributed by atoms with Crippen molar-refractivity contribution in [1.82, 2.24) is 29.9 Å². The molecule has 0 amide bonds. The molecule has 4 aromatic rings. The van der Waals surface area contributed by atoms with Crippen LogP contribution in [0.25, 0.3) is 21.6 Å². The van der Waals surface area contributed by atoms with E-state index in [0.717, 1.165) is 60.9 Å². The van der Waals surface area contributed by atoms with Gasteiger partial charge in [0.2, 0.25) is 0 Å². The molecule has 0 unspecified atom stereocenters. The van der Waals surface area contributed by atoms with E-state index < -0.39 is 0 Å². The van der Waals surface area contributed by atoms with E-state index in [4.69, 9.17) is 9.97 Å². The maximum absolute atomic E-state index is 5.13. The third-order valence-electron chi connectivity index (χ3n) is 6.55. The average Bonchev–Trinajstić information content (AvgIpc) is 3.47. The smallest absolute Gasteiger partial charge is 0.164 e. The zero-order valence-corrected chi connectivity index (χ0v) is 18.3. The Kier molecular flexibility index (Phi) is 4.87. The highest BCUT2D eigenvalue weighted by Gasteiger charge is 2.27. The quantitative estimate of drug-likeness (QED) is 0.484. The third kappa shape index (κ3) is 3.59. The monoisotopic (exact) mass is 431 g/mol. The van der Waals surface area contributed by atoms with Gasteiger partial charge in [-0.15, -0.1) is 16.4 Å². The van der Waals surface area contributed by atoms with E-state index in [2.05, 4.69) is 26.3 Å². The molecular formula is C23H25N7S. The van der Waals surface area contributed by atoms with Crippen LogP contribution < -0.4 is 4.90 Å². The number of anilines is 1. The summed E-state index contributed by atoms with van der Waals surface area (Å²) in [5.74, 6) is 2.55. The zero-order valence-electron chi connectivity index (χ0n) is 17.4. The lowest BCUT2D eigenvalue weighted by Gasteiger charge is -2.33. The summed E-state index contributed by atoms with van der Waals surface area (Å²) in [4.78, 5) is 19.6. The van der Waals surface area contributed by atoms with Crippen molar-refractivity contribution >= 4 is 27.4 Å². The van der Waals surface area contributed by atoms with Gasteiger partial charge in [-0.05, 0) is 62.1 Å². The average molecular weight is 432 g/mol. The molecule has 0 aromatic carbocycles. The van der Waals surface area contributed by atoms with Crippen molar-refractivity contribution in [1.29, 1.82) is 0 Å². The Morgan fingerprint density at radius 3 is 2.77 bits per heavy atom. The molecule has 4 aromatic heterocycles. The van der Waals surface area contributed by atoms with E-state index in [1.807, 2.05) is 34.5 Å². The number of aryl methyl sites for hydroxylation is 2. The summed E-state index contributed by atoms with van der Waals surface area (Å²) < 4.78 is 1.96. The summed E-state index contributed by atoms with van der Waals surface area (Å²) in [6.45, 7) is 2.98. The van der Waals surface area contributed by atoms with Crippen LogP contribution in [-0.4, -0.2) is 43.0 Å². The molecular weight excluding hydrogens is 406 g/mol. The first kappa shape index (κ1) is 18.9. The van der Waals surface area contributed by atoms with Crippen LogP contribution in [0.15, 0.2) is 36.9 Å². The minimum atomic E-state index is 0.629. The molecule has 0 bridgehead atoms. The van der Waals surface area contributed by atoms with Crippen LogP contribution in [0.5, 0.6) is 0 Å². The van der Waals surface area contributed by atoms with Crippen molar-refractivity contribution in [2.24, 2.45) is 5.92 Å². The largest absolute Gasteiger partial charge is 0.356 e. The van der Waals surface area contributed by atoms with Gasteiger partial charge < -0.3 is 4.90 Å². The van der Waals surface area contributed by atoms with Crippen LogP contribution in [0.4, 0.5) is 5.82 Å². The highest BCUT2D eigenvalue weighted by molar-refractivity contribution is 7.19. The van der Waals surface area contributed by atoms with Crippen LogP contribution in [0, 0.1) is 5.92 Å². The van der Waals surface area contributed by atoms with E-state index in [0.29, 0.717) is 5.92 Å². The number of aromatic nitrogens is 6. The van der Waals surface area contributed by atoms with Crippen LogP contribution in [0.1, 0.15) is 36.1 Å². The van der Waals surface area contributed by atoms with Crippen molar-refractivity contribution in [3.63, 3.8) is 0 Å². The SMILES string of the molecule is c1cncc(-c2nc(N3CCC(Cn4ccnn4)CC3)c3c4c(sc3n2)CCCC4)c1. The lowest BCUT2D eigenvalue weighted by molar-refractivity contribution is 0.338. The summed E-state index contributed by atoms with van der Waals surface area (Å²) in [5.41, 5.74) is 2.49. The minimum Gasteiger partial charge on any atom is -0.356 e. The van der Waals surface area contributed by atoms with Gasteiger partial charge in [-0.2, -0.15) is 0 Å². The second kappa shape index (κ2) is 8.00. The molecule has 158 valence electrons. The molecule has 6 rings (SSSR count). The lowest BCUT2D eigenvalue weighted by atomic mass is 9.95. The number of thiophene rings is 1. The van der Waals surface area contributed by atoms with Gasteiger partial charge in [0, 0.05) is 48.7 Å². The van der Waals surface area contributed by atoms with Gasteiger partial charge in [0.05, 0.1) is 11.6 Å². The number of fused-ring (bicyclic) bond motifs is 3. The summed E-state index contributed by atoms with van der Waals surface area (Å²) in [6, 6.07) is 4.01. The number of pyridine rings is 1. The molecule has 1 aliphatic heterocycles. The molecule has 1 aliphatic carbocycles. The molecule has 8 heteroatoms. The lowest BCUT2D eigenvalue weighted by Crippen LogP contribution is -2.36. The molecule has 0 N–H and O–H groups in total. The maximum atomic E-state index is 5.13. The number of hydrogen-bond acceptors (Lipinski definition) is 7. The Labute approximate surface area is 185 Å². The topological polar surface area (TPSA) is 72.6 Å². The first-order valence-corrected chi connectivity index (χ1v) is 12.0. The van der Waals surface area contributed by atoms with E-state index in [1.165, 1.54) is 35.1 Å². The van der Waals surface area contributed by atoms with Gasteiger partial charge in [-0.3, -0.25) is 9.67 Å². The molecule has 0 saturated carbocycles. The maximum Gasteiger partial charge on any atom is 0.164 e. The van der Waals surface area contributed by atoms with Crippen molar-refractivity contribution in [3.8, 4) is 11.4 Å². The minimum absolute atomic E-state index is 0.629. The van der Waals surface area contributed by atoms with Crippen molar-refractivity contribution in [3.05, 3.63) is 47.4 Å². The predicted octanol–water partition coefficient (Wildman–Crippen LogP) is 4.14. The summed E-state index contributed by atoms with van der Waals surface area (Å²) in [6.07, 6.45) is 14.5. The van der Waals surface area contributed by atoms with Crippen molar-refractivity contribution < 1.29 is 0 Å². The Hall–Kier alpha value is -2.87. The van der Waals surface area contributed by atoms with E-state index in [1.54, 1.807) is 12.4 Å². The molecule has 5 heterocycles. The van der Waals surface area contributed by atoms with Crippen LogP contribution >= 0.6 is 11.3 Å². The molecule has 31 heavy (non-hydrogen) atoms. The summed E-state index contributed by atoms with van der Waals surface area (Å²) in [7, 11) is 0. The molecule has 1 fully saturated rings. The molecule has 0 atom stereocenters. The third-order valence-corrected chi connectivity index (χ3v) is 7.73. The normalized spacial score (nSPS) is 17.2. The standard InChI is InChI=1S/C23H25N7S/c1-2-6-19-18(5-1)20-22(26-21(27-23(20)31-19)17-4-3-9-24-14-17)29-11-7-16(8-12-29)15-30-13-10-25-28-30/h3-4,9-10,13-14,16H,1-2,5-8,11-12,15H2. The van der Waals surface area contributed by atoms with E-state index in [-0.39, 0.29) is 0 Å². The molecule has 7 nitrogen and oxygen atoms in total. The Morgan fingerprint density at radius 1 is 1.06 bits per heavy atom.